The van der Waals surface area contributed by atoms with Crippen LogP contribution in [0.4, 0.5) is 5.69 Å². The largest absolute Gasteiger partial charge is 0.459 e. The second-order valence-electron chi connectivity index (χ2n) is 6.78. The fourth-order valence-corrected chi connectivity index (χ4v) is 5.23. The first kappa shape index (κ1) is 21.3. The molecule has 3 rings (SSSR count). The van der Waals surface area contributed by atoms with Gasteiger partial charge in [0, 0.05) is 23.4 Å². The van der Waals surface area contributed by atoms with Gasteiger partial charge in [-0.15, -0.1) is 0 Å². The Balaban J connectivity index is 1.68. The molecular weight excluding hydrogens is 419 g/mol. The van der Waals surface area contributed by atoms with Crippen molar-refractivity contribution < 1.29 is 23.5 Å². The van der Waals surface area contributed by atoms with Gasteiger partial charge in [0.05, 0.1) is 4.92 Å². The highest BCUT2D eigenvalue weighted by Crippen LogP contribution is 2.52. The van der Waals surface area contributed by atoms with Crippen LogP contribution in [0.2, 0.25) is 0 Å². The predicted octanol–water partition coefficient (Wildman–Crippen LogP) is 4.97. The van der Waals surface area contributed by atoms with E-state index in [0.29, 0.717) is 12.8 Å². The Hall–Kier alpha value is -2.41. The van der Waals surface area contributed by atoms with Crippen LogP contribution in [0, 0.1) is 10.1 Å². The minimum atomic E-state index is -3.97. The molecule has 0 spiro atoms. The van der Waals surface area contributed by atoms with E-state index < -0.39 is 23.3 Å². The minimum absolute atomic E-state index is 0.0900. The second-order valence-corrected chi connectivity index (χ2v) is 9.49. The molecule has 1 aliphatic rings. The summed E-state index contributed by atoms with van der Waals surface area (Å²) in [6, 6.07) is 14.3. The predicted molar refractivity (Wildman–Crippen MR) is 108 cm³/mol. The smallest absolute Gasteiger partial charge is 0.410 e. The van der Waals surface area contributed by atoms with Crippen LogP contribution in [-0.4, -0.2) is 16.4 Å². The van der Waals surface area contributed by atoms with Crippen molar-refractivity contribution in [3.63, 3.8) is 0 Å². The van der Waals surface area contributed by atoms with Gasteiger partial charge in [-0.1, -0.05) is 43.2 Å². The normalized spacial score (nSPS) is 17.3. The van der Waals surface area contributed by atoms with Gasteiger partial charge in [0.2, 0.25) is 0 Å². The van der Waals surface area contributed by atoms with Gasteiger partial charge in [0.1, 0.15) is 17.9 Å². The van der Waals surface area contributed by atoms with Crippen molar-refractivity contribution in [2.75, 3.05) is 0 Å². The average Bonchev–Trinajstić information content (AvgIpc) is 3.16. The highest BCUT2D eigenvalue weighted by atomic mass is 35.7. The molecule has 1 fully saturated rings. The molecule has 8 nitrogen and oxygen atoms in total. The molecule has 0 aliphatic heterocycles. The summed E-state index contributed by atoms with van der Waals surface area (Å²) in [5.41, 5.74) is -0.496. The van der Waals surface area contributed by atoms with E-state index in [4.69, 9.17) is 20.5 Å². The third-order valence-electron chi connectivity index (χ3n) is 4.68. The van der Waals surface area contributed by atoms with Gasteiger partial charge in [-0.25, -0.2) is 9.65 Å². The molecule has 1 unspecified atom stereocenters. The van der Waals surface area contributed by atoms with Gasteiger partial charge in [-0.3, -0.25) is 14.9 Å². The summed E-state index contributed by atoms with van der Waals surface area (Å²) in [6.45, 7) is -3.87. The van der Waals surface area contributed by atoms with Crippen LogP contribution < -0.4 is 9.61 Å². The molecule has 2 aromatic carbocycles. The fourth-order valence-electron chi connectivity index (χ4n) is 3.24. The summed E-state index contributed by atoms with van der Waals surface area (Å²) >= 11 is 6.08. The van der Waals surface area contributed by atoms with Crippen LogP contribution in [0.5, 0.6) is 5.75 Å². The lowest BCUT2D eigenvalue weighted by atomic mass is 10.00. The minimum Gasteiger partial charge on any atom is -0.459 e. The van der Waals surface area contributed by atoms with E-state index >= 15 is 0 Å². The van der Waals surface area contributed by atoms with Crippen LogP contribution in [0.15, 0.2) is 54.6 Å². The number of carbonyl (C=O) groups excluding carboxylic acids is 1. The lowest BCUT2D eigenvalue weighted by molar-refractivity contribution is -0.384. The lowest BCUT2D eigenvalue weighted by Gasteiger charge is -2.29. The van der Waals surface area contributed by atoms with Gasteiger partial charge < -0.3 is 9.26 Å². The summed E-state index contributed by atoms with van der Waals surface area (Å²) in [4.78, 5) is 23.0. The molecule has 1 aliphatic carbocycles. The Morgan fingerprint density at radius 1 is 1.14 bits per heavy atom. The topological polar surface area (TPSA) is 108 Å². The maximum Gasteiger partial charge on any atom is 0.410 e. The SMILES string of the molecule is O=C(OCc1ccccc1)C1(NP(=O)(Cl)Oc2ccc([N+](=O)[O-])cc2)CCCC1. The Morgan fingerprint density at radius 3 is 2.34 bits per heavy atom. The summed E-state index contributed by atoms with van der Waals surface area (Å²) in [5.74, 6) is -0.445. The van der Waals surface area contributed by atoms with Crippen LogP contribution in [0.1, 0.15) is 31.2 Å². The number of nitro groups is 1. The van der Waals surface area contributed by atoms with Crippen LogP contribution in [-0.2, 0) is 20.7 Å². The Labute approximate surface area is 172 Å². The van der Waals surface area contributed by atoms with Gasteiger partial charge >= 0.3 is 12.8 Å². The molecule has 0 aromatic heterocycles. The van der Waals surface area contributed by atoms with Gasteiger partial charge in [-0.2, -0.15) is 0 Å². The van der Waals surface area contributed by atoms with Crippen molar-refractivity contribution >= 4 is 29.8 Å². The number of ether oxygens (including phenoxy) is 1. The maximum absolute atomic E-state index is 12.8. The number of nitrogens with one attached hydrogen (secondary N) is 1. The second kappa shape index (κ2) is 8.95. The zero-order valence-corrected chi connectivity index (χ0v) is 17.1. The van der Waals surface area contributed by atoms with Crippen molar-refractivity contribution in [3.05, 3.63) is 70.3 Å². The van der Waals surface area contributed by atoms with E-state index in [1.54, 1.807) is 0 Å². The first-order chi connectivity index (χ1) is 13.8. The molecule has 0 amide bonds. The van der Waals surface area contributed by atoms with Crippen molar-refractivity contribution in [1.29, 1.82) is 0 Å². The molecule has 0 heterocycles. The number of carbonyl (C=O) groups is 1. The van der Waals surface area contributed by atoms with Gasteiger partial charge in [-0.05, 0) is 30.5 Å². The summed E-state index contributed by atoms with van der Waals surface area (Å²) in [7, 11) is 0. The quantitative estimate of drug-likeness (QED) is 0.268. The van der Waals surface area contributed by atoms with Crippen LogP contribution >= 0.6 is 18.1 Å². The Bertz CT molecular complexity index is 916. The number of hydrogen-bond donors (Lipinski definition) is 1. The molecule has 1 N–H and O–H groups in total. The van der Waals surface area contributed by atoms with E-state index in [-0.39, 0.29) is 18.0 Å². The third-order valence-corrected chi connectivity index (χ3v) is 6.28. The fraction of sp³-hybridized carbons (Fsp3) is 0.316. The van der Waals surface area contributed by atoms with Crippen molar-refractivity contribution in [2.45, 2.75) is 37.8 Å². The molecule has 1 saturated carbocycles. The first-order valence-corrected chi connectivity index (χ1v) is 11.6. The van der Waals surface area contributed by atoms with Gasteiger partial charge in [0.25, 0.3) is 5.69 Å². The molecule has 0 radical (unpaired) electrons. The van der Waals surface area contributed by atoms with E-state index in [1.165, 1.54) is 24.3 Å². The lowest BCUT2D eigenvalue weighted by Crippen LogP contribution is -2.49. The molecule has 0 bridgehead atoms. The van der Waals surface area contributed by atoms with E-state index in [1.807, 2.05) is 30.3 Å². The maximum atomic E-state index is 12.8. The number of non-ortho nitro benzene ring substituents is 1. The molecule has 10 heteroatoms. The zero-order valence-electron chi connectivity index (χ0n) is 15.5. The molecule has 154 valence electrons. The van der Waals surface area contributed by atoms with Gasteiger partial charge in [0.15, 0.2) is 0 Å². The zero-order chi connectivity index (χ0) is 20.9. The summed E-state index contributed by atoms with van der Waals surface area (Å²) < 4.78 is 23.6. The molecular formula is C19H20ClN2O6P. The Kier molecular flexibility index (Phi) is 6.57. The monoisotopic (exact) mass is 438 g/mol. The summed E-state index contributed by atoms with van der Waals surface area (Å²) in [6.07, 6.45) is 2.34. The molecule has 1 atom stereocenters. The van der Waals surface area contributed by atoms with E-state index in [2.05, 4.69) is 5.09 Å². The first-order valence-electron chi connectivity index (χ1n) is 9.04. The van der Waals surface area contributed by atoms with Crippen molar-refractivity contribution in [2.24, 2.45) is 0 Å². The highest BCUT2D eigenvalue weighted by Gasteiger charge is 2.47. The number of benzene rings is 2. The molecule has 29 heavy (non-hydrogen) atoms. The molecule has 0 saturated heterocycles. The van der Waals surface area contributed by atoms with Crippen molar-refractivity contribution in [3.8, 4) is 5.75 Å². The van der Waals surface area contributed by atoms with E-state index in [0.717, 1.165) is 18.4 Å². The highest BCUT2D eigenvalue weighted by molar-refractivity contribution is 7.84. The summed E-state index contributed by atoms with van der Waals surface area (Å²) in [5, 5.41) is 13.4. The number of rotatable bonds is 8. The van der Waals surface area contributed by atoms with Crippen molar-refractivity contribution in [1.82, 2.24) is 5.09 Å². The number of nitro benzene ring substituents is 1. The number of halogens is 1. The standard InChI is InChI=1S/C19H20ClN2O6P/c20-29(26,28-17-10-8-16(9-11-17)22(24)25)21-19(12-4-5-13-19)18(23)27-14-15-6-2-1-3-7-15/h1-3,6-11H,4-5,12-14H2,(H,21,26). The number of hydrogen-bond acceptors (Lipinski definition) is 6. The number of esters is 1. The van der Waals surface area contributed by atoms with E-state index in [9.17, 15) is 19.5 Å². The third kappa shape index (κ3) is 5.56. The average molecular weight is 439 g/mol. The van der Waals surface area contributed by atoms with Crippen LogP contribution in [0.3, 0.4) is 0 Å². The van der Waals surface area contributed by atoms with Crippen LogP contribution in [0.25, 0.3) is 0 Å². The number of nitrogens with zero attached hydrogens (tertiary/aromatic N) is 1. The Morgan fingerprint density at radius 2 is 1.76 bits per heavy atom. The molecule has 2 aromatic rings.